The van der Waals surface area contributed by atoms with Crippen LogP contribution in [0.25, 0.3) is 0 Å². The van der Waals surface area contributed by atoms with Gasteiger partial charge < -0.3 is 9.64 Å². The van der Waals surface area contributed by atoms with Crippen LogP contribution in [0.1, 0.15) is 10.4 Å². The molecule has 0 bridgehead atoms. The fourth-order valence-corrected chi connectivity index (χ4v) is 1.27. The highest BCUT2D eigenvalue weighted by Crippen LogP contribution is 2.23. The standard InChI is InChI=1S/C11H10F3NO3/c1-15(10(17)11(12,13)14)8-5-3-4-7(6-8)9(16)18-2/h3-6H,1-2H3. The molecule has 98 valence electrons. The third-order valence-electron chi connectivity index (χ3n) is 2.20. The minimum absolute atomic E-state index is 0.0415. The van der Waals surface area contributed by atoms with E-state index in [9.17, 15) is 22.8 Å². The van der Waals surface area contributed by atoms with Gasteiger partial charge in [0.25, 0.3) is 0 Å². The fourth-order valence-electron chi connectivity index (χ4n) is 1.27. The molecule has 1 aromatic carbocycles. The molecule has 0 atom stereocenters. The number of hydrogen-bond donors (Lipinski definition) is 0. The van der Waals surface area contributed by atoms with Gasteiger partial charge in [-0.25, -0.2) is 4.79 Å². The van der Waals surface area contributed by atoms with Crippen LogP contribution in [0, 0.1) is 0 Å². The molecule has 0 saturated carbocycles. The van der Waals surface area contributed by atoms with Crippen molar-refractivity contribution in [2.75, 3.05) is 19.1 Å². The molecule has 1 amide bonds. The topological polar surface area (TPSA) is 46.6 Å². The van der Waals surface area contributed by atoms with Crippen molar-refractivity contribution in [3.63, 3.8) is 0 Å². The van der Waals surface area contributed by atoms with Crippen molar-refractivity contribution in [1.29, 1.82) is 0 Å². The molecule has 0 unspecified atom stereocenters. The summed E-state index contributed by atoms with van der Waals surface area (Å²) in [5, 5.41) is 0. The van der Waals surface area contributed by atoms with Gasteiger partial charge in [-0.3, -0.25) is 4.79 Å². The molecular formula is C11H10F3NO3. The Morgan fingerprint density at radius 1 is 1.28 bits per heavy atom. The van der Waals surface area contributed by atoms with E-state index in [1.807, 2.05) is 0 Å². The van der Waals surface area contributed by atoms with E-state index in [1.54, 1.807) is 0 Å². The third kappa shape index (κ3) is 2.99. The Morgan fingerprint density at radius 2 is 1.89 bits per heavy atom. The molecule has 18 heavy (non-hydrogen) atoms. The summed E-state index contributed by atoms with van der Waals surface area (Å²) in [5.74, 6) is -2.70. The number of nitrogens with zero attached hydrogens (tertiary/aromatic N) is 1. The minimum Gasteiger partial charge on any atom is -0.465 e. The molecule has 0 aliphatic rings. The quantitative estimate of drug-likeness (QED) is 0.765. The van der Waals surface area contributed by atoms with Gasteiger partial charge in [0.15, 0.2) is 0 Å². The summed E-state index contributed by atoms with van der Waals surface area (Å²) in [6.07, 6.45) is -4.96. The maximum Gasteiger partial charge on any atom is 0.471 e. The smallest absolute Gasteiger partial charge is 0.465 e. The number of alkyl halides is 3. The maximum atomic E-state index is 12.2. The van der Waals surface area contributed by atoms with E-state index < -0.39 is 18.1 Å². The lowest BCUT2D eigenvalue weighted by atomic mass is 10.2. The fraction of sp³-hybridized carbons (Fsp3) is 0.273. The van der Waals surface area contributed by atoms with Crippen molar-refractivity contribution in [2.45, 2.75) is 6.18 Å². The zero-order valence-electron chi connectivity index (χ0n) is 9.62. The van der Waals surface area contributed by atoms with E-state index in [4.69, 9.17) is 0 Å². The number of amides is 1. The molecule has 1 rings (SSSR count). The molecular weight excluding hydrogens is 251 g/mol. The third-order valence-corrected chi connectivity index (χ3v) is 2.20. The van der Waals surface area contributed by atoms with Crippen molar-refractivity contribution in [3.8, 4) is 0 Å². The van der Waals surface area contributed by atoms with Gasteiger partial charge in [0.2, 0.25) is 0 Å². The SMILES string of the molecule is COC(=O)c1cccc(N(C)C(=O)C(F)(F)F)c1. The number of methoxy groups -OCH3 is 1. The predicted octanol–water partition coefficient (Wildman–Crippen LogP) is 2.00. The van der Waals surface area contributed by atoms with Gasteiger partial charge in [-0.05, 0) is 18.2 Å². The number of rotatable bonds is 2. The van der Waals surface area contributed by atoms with Gasteiger partial charge in [-0.1, -0.05) is 6.07 Å². The molecule has 7 heteroatoms. The second-order valence-corrected chi connectivity index (χ2v) is 3.40. The summed E-state index contributed by atoms with van der Waals surface area (Å²) in [6, 6.07) is 5.18. The Bertz CT molecular complexity index is 471. The first-order valence-electron chi connectivity index (χ1n) is 4.80. The number of ether oxygens (including phenoxy) is 1. The average molecular weight is 261 g/mol. The van der Waals surface area contributed by atoms with Crippen LogP contribution < -0.4 is 4.90 Å². The van der Waals surface area contributed by atoms with Crippen molar-refractivity contribution in [1.82, 2.24) is 0 Å². The van der Waals surface area contributed by atoms with Gasteiger partial charge in [-0.15, -0.1) is 0 Å². The average Bonchev–Trinajstić information content (AvgIpc) is 2.35. The highest BCUT2D eigenvalue weighted by Gasteiger charge is 2.41. The van der Waals surface area contributed by atoms with E-state index in [2.05, 4.69) is 4.74 Å². The number of esters is 1. The normalized spacial score (nSPS) is 10.9. The first-order valence-corrected chi connectivity index (χ1v) is 4.80. The lowest BCUT2D eigenvalue weighted by Gasteiger charge is -2.19. The summed E-state index contributed by atoms with van der Waals surface area (Å²) >= 11 is 0. The minimum atomic E-state index is -4.96. The Labute approximate surface area is 101 Å². The Morgan fingerprint density at radius 3 is 2.39 bits per heavy atom. The van der Waals surface area contributed by atoms with Gasteiger partial charge >= 0.3 is 18.1 Å². The van der Waals surface area contributed by atoms with Gasteiger partial charge in [0.1, 0.15) is 0 Å². The molecule has 0 N–H and O–H groups in total. The number of benzene rings is 1. The molecule has 0 fully saturated rings. The molecule has 0 saturated heterocycles. The monoisotopic (exact) mass is 261 g/mol. The van der Waals surface area contributed by atoms with Gasteiger partial charge in [-0.2, -0.15) is 13.2 Å². The number of carbonyl (C=O) groups is 2. The number of anilines is 1. The lowest BCUT2D eigenvalue weighted by Crippen LogP contribution is -2.38. The largest absolute Gasteiger partial charge is 0.471 e. The van der Waals surface area contributed by atoms with Crippen molar-refractivity contribution >= 4 is 17.6 Å². The Kier molecular flexibility index (Phi) is 3.95. The zero-order chi connectivity index (χ0) is 13.9. The molecule has 1 aromatic rings. The summed E-state index contributed by atoms with van der Waals surface area (Å²) in [4.78, 5) is 22.6. The summed E-state index contributed by atoms with van der Waals surface area (Å²) in [5.41, 5.74) is 0.0250. The first kappa shape index (κ1) is 14.0. The van der Waals surface area contributed by atoms with Crippen molar-refractivity contribution in [2.24, 2.45) is 0 Å². The molecule has 0 aliphatic carbocycles. The van der Waals surface area contributed by atoms with Gasteiger partial charge in [0.05, 0.1) is 12.7 Å². The molecule has 0 heterocycles. The second kappa shape index (κ2) is 5.07. The van der Waals surface area contributed by atoms with Crippen molar-refractivity contribution < 1.29 is 27.5 Å². The van der Waals surface area contributed by atoms with Crippen LogP contribution in [0.15, 0.2) is 24.3 Å². The Balaban J connectivity index is 3.04. The van der Waals surface area contributed by atoms with E-state index in [1.165, 1.54) is 18.2 Å². The highest BCUT2D eigenvalue weighted by atomic mass is 19.4. The summed E-state index contributed by atoms with van der Waals surface area (Å²) in [7, 11) is 2.13. The van der Waals surface area contributed by atoms with Crippen LogP contribution in [0.5, 0.6) is 0 Å². The molecule has 0 radical (unpaired) electrons. The van der Waals surface area contributed by atoms with Crippen molar-refractivity contribution in [3.05, 3.63) is 29.8 Å². The van der Waals surface area contributed by atoms with E-state index in [0.29, 0.717) is 4.90 Å². The van der Waals surface area contributed by atoms with E-state index in [0.717, 1.165) is 20.2 Å². The van der Waals surface area contributed by atoms with Crippen LogP contribution in [-0.2, 0) is 9.53 Å². The number of halogens is 3. The highest BCUT2D eigenvalue weighted by molar-refractivity contribution is 5.98. The zero-order valence-corrected chi connectivity index (χ0v) is 9.62. The maximum absolute atomic E-state index is 12.2. The van der Waals surface area contributed by atoms with E-state index >= 15 is 0 Å². The summed E-state index contributed by atoms with van der Waals surface area (Å²) < 4.78 is 41.1. The molecule has 0 spiro atoms. The molecule has 0 aliphatic heterocycles. The lowest BCUT2D eigenvalue weighted by molar-refractivity contribution is -0.170. The first-order chi connectivity index (χ1) is 8.27. The second-order valence-electron chi connectivity index (χ2n) is 3.40. The van der Waals surface area contributed by atoms with Crippen LogP contribution >= 0.6 is 0 Å². The Hall–Kier alpha value is -2.05. The number of hydrogen-bond acceptors (Lipinski definition) is 3. The van der Waals surface area contributed by atoms with Crippen LogP contribution in [-0.4, -0.2) is 32.2 Å². The predicted molar refractivity (Wildman–Crippen MR) is 57.2 cm³/mol. The molecule has 4 nitrogen and oxygen atoms in total. The van der Waals surface area contributed by atoms with Gasteiger partial charge in [0, 0.05) is 12.7 Å². The number of carbonyl (C=O) groups excluding carboxylic acids is 2. The summed E-state index contributed by atoms with van der Waals surface area (Å²) in [6.45, 7) is 0. The van der Waals surface area contributed by atoms with Crippen LogP contribution in [0.2, 0.25) is 0 Å². The van der Waals surface area contributed by atoms with E-state index in [-0.39, 0.29) is 11.3 Å². The van der Waals surface area contributed by atoms with Crippen LogP contribution in [0.4, 0.5) is 18.9 Å². The van der Waals surface area contributed by atoms with Crippen LogP contribution in [0.3, 0.4) is 0 Å². The molecule has 0 aromatic heterocycles.